The van der Waals surface area contributed by atoms with Crippen molar-refractivity contribution >= 4 is 11.6 Å². The number of nitrogens with one attached hydrogen (secondary N) is 1. The Hall–Kier alpha value is -1.68. The van der Waals surface area contributed by atoms with E-state index in [9.17, 15) is 14.7 Å². The molecule has 234 valence electrons. The second-order valence-corrected chi connectivity index (χ2v) is 12.9. The van der Waals surface area contributed by atoms with Crippen molar-refractivity contribution in [3.63, 3.8) is 0 Å². The quantitative estimate of drug-likeness (QED) is 0.0953. The highest BCUT2D eigenvalue weighted by Gasteiger charge is 2.33. The van der Waals surface area contributed by atoms with Gasteiger partial charge in [0, 0.05) is 38.0 Å². The van der Waals surface area contributed by atoms with Crippen LogP contribution in [0.3, 0.4) is 0 Å². The maximum absolute atomic E-state index is 13.3. The molecule has 0 aromatic carbocycles. The predicted octanol–water partition coefficient (Wildman–Crippen LogP) is 8.42. The van der Waals surface area contributed by atoms with E-state index in [2.05, 4.69) is 18.0 Å². The first kappa shape index (κ1) is 35.5. The first-order valence-corrected chi connectivity index (χ1v) is 17.3. The molecule has 5 heteroatoms. The van der Waals surface area contributed by atoms with Gasteiger partial charge in [0.15, 0.2) is 5.78 Å². The molecule has 0 amide bonds. The molecule has 3 unspecified atom stereocenters. The second kappa shape index (κ2) is 21.9. The molecule has 0 aromatic rings. The van der Waals surface area contributed by atoms with Crippen LogP contribution >= 0.6 is 0 Å². The van der Waals surface area contributed by atoms with Crippen molar-refractivity contribution in [2.45, 2.75) is 155 Å². The van der Waals surface area contributed by atoms with Crippen LogP contribution in [-0.4, -0.2) is 47.8 Å². The minimum Gasteiger partial charge on any atom is -0.392 e. The smallest absolute Gasteiger partial charge is 0.183 e. The first-order chi connectivity index (χ1) is 19.9. The Morgan fingerprint density at radius 3 is 2.12 bits per heavy atom. The third-order valence-corrected chi connectivity index (χ3v) is 8.99. The summed E-state index contributed by atoms with van der Waals surface area (Å²) in [5.74, 6) is 0.0685. The standard InChI is InChI=1S/C36H62N2O3/c1-4-5-6-7-8-9-10-11-12-13-17-20-25-37-29-33(39)24-19-16-14-15-18-22-32-28-34(40)30(2)27-31-23-21-26-38(3)35(31)36(32)41/h23,26,30,32-33,37,39H,4-20,22,24-25,27-29H2,1-3H3. The van der Waals surface area contributed by atoms with Gasteiger partial charge in [0.1, 0.15) is 5.78 Å². The van der Waals surface area contributed by atoms with Crippen LogP contribution in [0.1, 0.15) is 149 Å². The van der Waals surface area contributed by atoms with Crippen LogP contribution in [-0.2, 0) is 9.59 Å². The minimum atomic E-state index is -0.258. The van der Waals surface area contributed by atoms with Gasteiger partial charge < -0.3 is 15.3 Å². The Balaban J connectivity index is 1.45. The molecule has 0 saturated heterocycles. The third kappa shape index (κ3) is 14.9. The third-order valence-electron chi connectivity index (χ3n) is 8.99. The van der Waals surface area contributed by atoms with Gasteiger partial charge in [0.25, 0.3) is 0 Å². The van der Waals surface area contributed by atoms with E-state index >= 15 is 0 Å². The van der Waals surface area contributed by atoms with E-state index in [4.69, 9.17) is 0 Å². The molecule has 0 radical (unpaired) electrons. The lowest BCUT2D eigenvalue weighted by molar-refractivity contribution is -0.129. The molecule has 1 heterocycles. The molecule has 0 aromatic heterocycles. The number of hydrogen-bond donors (Lipinski definition) is 2. The van der Waals surface area contributed by atoms with Gasteiger partial charge in [-0.15, -0.1) is 5.73 Å². The molecule has 2 N–H and O–H groups in total. The molecule has 1 aliphatic heterocycles. The molecule has 0 fully saturated rings. The number of likely N-dealkylation sites (N-methyl/N-ethyl adjacent to an activating group) is 1. The number of unbranched alkanes of at least 4 members (excludes halogenated alkanes) is 15. The summed E-state index contributed by atoms with van der Waals surface area (Å²) in [6.45, 7) is 5.97. The van der Waals surface area contributed by atoms with Crippen LogP contribution in [0.4, 0.5) is 0 Å². The van der Waals surface area contributed by atoms with Crippen molar-refractivity contribution < 1.29 is 14.7 Å². The van der Waals surface area contributed by atoms with Gasteiger partial charge in [-0.05, 0) is 43.9 Å². The number of aliphatic hydroxyl groups is 1. The normalized spacial score (nSPS) is 20.0. The highest BCUT2D eigenvalue weighted by Crippen LogP contribution is 2.32. The average Bonchev–Trinajstić information content (AvgIpc) is 2.95. The van der Waals surface area contributed by atoms with Gasteiger partial charge in [0.2, 0.25) is 0 Å². The highest BCUT2D eigenvalue weighted by atomic mass is 16.3. The van der Waals surface area contributed by atoms with Crippen molar-refractivity contribution in [3.8, 4) is 0 Å². The van der Waals surface area contributed by atoms with E-state index in [1.54, 1.807) is 0 Å². The SMILES string of the molecule is CCCCCCCCCCCCCCNCC(O)CCCCCCCC1CC(=O)C(C)CC2=C(C1=O)N(C)C=C=C2. The zero-order chi connectivity index (χ0) is 29.7. The van der Waals surface area contributed by atoms with Crippen molar-refractivity contribution in [3.05, 3.63) is 29.3 Å². The molecular weight excluding hydrogens is 508 g/mol. The van der Waals surface area contributed by atoms with Gasteiger partial charge in [-0.1, -0.05) is 117 Å². The van der Waals surface area contributed by atoms with Crippen LogP contribution in [0.25, 0.3) is 0 Å². The van der Waals surface area contributed by atoms with E-state index in [-0.39, 0.29) is 29.5 Å². The van der Waals surface area contributed by atoms with E-state index < -0.39 is 0 Å². The fourth-order valence-electron chi connectivity index (χ4n) is 6.27. The summed E-state index contributed by atoms with van der Waals surface area (Å²) in [4.78, 5) is 27.9. The lowest BCUT2D eigenvalue weighted by Crippen LogP contribution is -2.32. The van der Waals surface area contributed by atoms with Crippen LogP contribution in [0.15, 0.2) is 29.3 Å². The minimum absolute atomic E-state index is 0.0504. The molecule has 41 heavy (non-hydrogen) atoms. The molecule has 0 bridgehead atoms. The molecular formula is C36H62N2O3. The van der Waals surface area contributed by atoms with Gasteiger partial charge in [-0.3, -0.25) is 9.59 Å². The second-order valence-electron chi connectivity index (χ2n) is 12.9. The van der Waals surface area contributed by atoms with E-state index in [1.165, 1.54) is 77.0 Å². The number of aliphatic hydroxyl groups excluding tert-OH is 1. The highest BCUT2D eigenvalue weighted by molar-refractivity contribution is 6.01. The maximum atomic E-state index is 13.3. The van der Waals surface area contributed by atoms with Crippen molar-refractivity contribution in [2.24, 2.45) is 11.8 Å². The summed E-state index contributed by atoms with van der Waals surface area (Å²) in [5.41, 5.74) is 4.81. The molecule has 0 spiro atoms. The average molecular weight is 571 g/mol. The number of ketones is 2. The fraction of sp³-hybridized carbons (Fsp3) is 0.806. The Kier molecular flexibility index (Phi) is 19.0. The zero-order valence-electron chi connectivity index (χ0n) is 26.9. The van der Waals surface area contributed by atoms with Crippen molar-refractivity contribution in [1.82, 2.24) is 10.2 Å². The summed E-state index contributed by atoms with van der Waals surface area (Å²) >= 11 is 0. The van der Waals surface area contributed by atoms with Gasteiger partial charge in [0.05, 0.1) is 11.8 Å². The Morgan fingerprint density at radius 2 is 1.46 bits per heavy atom. The molecule has 5 nitrogen and oxygen atoms in total. The van der Waals surface area contributed by atoms with Crippen LogP contribution < -0.4 is 5.32 Å². The summed E-state index contributed by atoms with van der Waals surface area (Å²) < 4.78 is 0. The summed E-state index contributed by atoms with van der Waals surface area (Å²) in [6.07, 6.45) is 27.8. The number of Topliss-reactive ketones (excluding diaryl/α,β-unsaturated/α-hetero) is 2. The fourth-order valence-corrected chi connectivity index (χ4v) is 6.27. The first-order valence-electron chi connectivity index (χ1n) is 17.3. The summed E-state index contributed by atoms with van der Waals surface area (Å²) in [5, 5.41) is 13.7. The molecule has 3 atom stereocenters. The van der Waals surface area contributed by atoms with Crippen molar-refractivity contribution in [1.29, 1.82) is 0 Å². The molecule has 2 aliphatic rings. The molecule has 2 rings (SSSR count). The maximum Gasteiger partial charge on any atom is 0.183 e. The van der Waals surface area contributed by atoms with Crippen LogP contribution in [0.2, 0.25) is 0 Å². The monoisotopic (exact) mass is 570 g/mol. The lowest BCUT2D eigenvalue weighted by Gasteiger charge is -2.29. The number of allylic oxidation sites excluding steroid dienone is 3. The number of hydrogen-bond acceptors (Lipinski definition) is 5. The van der Waals surface area contributed by atoms with Gasteiger partial charge in [-0.25, -0.2) is 0 Å². The van der Waals surface area contributed by atoms with E-state index in [1.807, 2.05) is 31.1 Å². The van der Waals surface area contributed by atoms with E-state index in [0.29, 0.717) is 19.4 Å². The predicted molar refractivity (Wildman–Crippen MR) is 172 cm³/mol. The zero-order valence-corrected chi connectivity index (χ0v) is 26.9. The molecule has 0 saturated carbocycles. The summed E-state index contributed by atoms with van der Waals surface area (Å²) in [7, 11) is 1.90. The van der Waals surface area contributed by atoms with Gasteiger partial charge in [-0.2, -0.15) is 0 Å². The summed E-state index contributed by atoms with van der Waals surface area (Å²) in [6, 6.07) is 0. The largest absolute Gasteiger partial charge is 0.392 e. The number of rotatable bonds is 23. The number of carbonyl (C=O) groups is 2. The van der Waals surface area contributed by atoms with Crippen molar-refractivity contribution in [2.75, 3.05) is 20.1 Å². The number of nitrogens with zero attached hydrogens (tertiary/aromatic N) is 1. The molecule has 1 aliphatic carbocycles. The van der Waals surface area contributed by atoms with Crippen LogP contribution in [0, 0.1) is 11.8 Å². The van der Waals surface area contributed by atoms with Crippen LogP contribution in [0.5, 0.6) is 0 Å². The Morgan fingerprint density at radius 1 is 0.878 bits per heavy atom. The van der Waals surface area contributed by atoms with Gasteiger partial charge >= 0.3 is 0 Å². The topological polar surface area (TPSA) is 69.6 Å². The lowest BCUT2D eigenvalue weighted by atomic mass is 9.80. The van der Waals surface area contributed by atoms with E-state index in [0.717, 1.165) is 62.8 Å². The Labute approximate surface area is 252 Å². The Bertz CT molecular complexity index is 842. The number of carbonyl (C=O) groups excluding carboxylic acids is 2.